The topological polar surface area (TPSA) is 75.7 Å². The first-order valence-electron chi connectivity index (χ1n) is 9.55. The summed E-state index contributed by atoms with van der Waals surface area (Å²) in [5.74, 6) is 0.404. The zero-order valence-electron chi connectivity index (χ0n) is 17.9. The molecule has 0 bridgehead atoms. The average molecular weight is 419 g/mol. The zero-order valence-corrected chi connectivity index (χ0v) is 18.8. The Labute approximate surface area is 173 Å². The lowest BCUT2D eigenvalue weighted by Gasteiger charge is -2.29. The van der Waals surface area contributed by atoms with Crippen LogP contribution < -0.4 is 14.4 Å². The number of hydrogen-bond donors (Lipinski definition) is 1. The third kappa shape index (κ3) is 5.97. The third-order valence-electron chi connectivity index (χ3n) is 4.69. The largest absolute Gasteiger partial charge is 0.491 e. The molecule has 2 rings (SSSR count). The Morgan fingerprint density at radius 1 is 1.03 bits per heavy atom. The molecule has 0 radical (unpaired) electrons. The Morgan fingerprint density at radius 3 is 2.24 bits per heavy atom. The summed E-state index contributed by atoms with van der Waals surface area (Å²) in [5, 5.41) is 2.77. The van der Waals surface area contributed by atoms with Gasteiger partial charge in [0, 0.05) is 0 Å². The van der Waals surface area contributed by atoms with Crippen molar-refractivity contribution < 1.29 is 17.9 Å². The van der Waals surface area contributed by atoms with Gasteiger partial charge in [-0.3, -0.25) is 9.10 Å². The van der Waals surface area contributed by atoms with Crippen LogP contribution in [0.1, 0.15) is 29.2 Å². The lowest BCUT2D eigenvalue weighted by atomic mass is 10.1. The van der Waals surface area contributed by atoms with Gasteiger partial charge in [0.2, 0.25) is 15.9 Å². The molecule has 158 valence electrons. The number of carbonyl (C=O) groups is 1. The summed E-state index contributed by atoms with van der Waals surface area (Å²) >= 11 is 0. The van der Waals surface area contributed by atoms with Crippen LogP contribution in [0.4, 0.5) is 5.69 Å². The first kappa shape index (κ1) is 22.7. The van der Waals surface area contributed by atoms with Crippen molar-refractivity contribution in [1.29, 1.82) is 0 Å². The molecule has 1 amide bonds. The number of rotatable bonds is 8. The van der Waals surface area contributed by atoms with Gasteiger partial charge in [0.1, 0.15) is 18.4 Å². The van der Waals surface area contributed by atoms with Gasteiger partial charge >= 0.3 is 0 Å². The molecule has 6 nitrogen and oxygen atoms in total. The average Bonchev–Trinajstić information content (AvgIpc) is 2.63. The molecule has 29 heavy (non-hydrogen) atoms. The number of aryl methyl sites for hydroxylation is 4. The van der Waals surface area contributed by atoms with Crippen LogP contribution in [0.15, 0.2) is 36.4 Å². The fraction of sp³-hybridized carbons (Fsp3) is 0.409. The molecule has 0 aliphatic carbocycles. The highest BCUT2D eigenvalue weighted by atomic mass is 32.2. The summed E-state index contributed by atoms with van der Waals surface area (Å²) in [7, 11) is -3.64. The maximum absolute atomic E-state index is 12.7. The minimum atomic E-state index is -3.64. The Kier molecular flexibility index (Phi) is 7.30. The molecule has 0 unspecified atom stereocenters. The van der Waals surface area contributed by atoms with Gasteiger partial charge in [-0.25, -0.2) is 8.42 Å². The van der Waals surface area contributed by atoms with Crippen LogP contribution in [0.3, 0.4) is 0 Å². The fourth-order valence-corrected chi connectivity index (χ4v) is 4.31. The molecule has 0 heterocycles. The molecule has 0 aliphatic heterocycles. The lowest BCUT2D eigenvalue weighted by molar-refractivity contribution is -0.121. The molecule has 1 N–H and O–H groups in total. The van der Waals surface area contributed by atoms with E-state index in [1.165, 1.54) is 4.31 Å². The number of benzene rings is 2. The van der Waals surface area contributed by atoms with Gasteiger partial charge in [-0.15, -0.1) is 0 Å². The van der Waals surface area contributed by atoms with Crippen LogP contribution in [0.25, 0.3) is 0 Å². The van der Waals surface area contributed by atoms with Crippen molar-refractivity contribution in [3.63, 3.8) is 0 Å². The van der Waals surface area contributed by atoms with E-state index in [0.717, 1.165) is 34.3 Å². The Morgan fingerprint density at radius 2 is 1.62 bits per heavy atom. The first-order chi connectivity index (χ1) is 13.5. The quantitative estimate of drug-likeness (QED) is 0.668. The van der Waals surface area contributed by atoms with Crippen LogP contribution in [-0.4, -0.2) is 39.8 Å². The van der Waals surface area contributed by atoms with E-state index in [2.05, 4.69) is 5.32 Å². The van der Waals surface area contributed by atoms with Gasteiger partial charge in [-0.2, -0.15) is 0 Å². The second kappa shape index (κ2) is 9.31. The normalized spacial score (nSPS) is 12.3. The fourth-order valence-electron chi connectivity index (χ4n) is 3.08. The molecular formula is C22H30N2O4S. The van der Waals surface area contributed by atoms with Crippen molar-refractivity contribution in [3.8, 4) is 5.75 Å². The number of sulfonamides is 1. The lowest BCUT2D eigenvalue weighted by Crippen LogP contribution is -2.48. The number of amides is 1. The number of anilines is 1. The highest BCUT2D eigenvalue weighted by Crippen LogP contribution is 2.26. The molecule has 0 spiro atoms. The van der Waals surface area contributed by atoms with E-state index in [4.69, 9.17) is 4.74 Å². The third-order valence-corrected chi connectivity index (χ3v) is 5.92. The molecule has 0 saturated heterocycles. The van der Waals surface area contributed by atoms with Crippen LogP contribution in [0.5, 0.6) is 5.75 Å². The molecule has 2 aromatic rings. The smallest absolute Gasteiger partial charge is 0.243 e. The predicted molar refractivity (Wildman–Crippen MR) is 117 cm³/mol. The molecule has 1 atom stereocenters. The van der Waals surface area contributed by atoms with Gasteiger partial charge in [0.05, 0.1) is 18.5 Å². The van der Waals surface area contributed by atoms with E-state index in [-0.39, 0.29) is 12.5 Å². The molecule has 0 aliphatic rings. The van der Waals surface area contributed by atoms with E-state index in [0.29, 0.717) is 12.3 Å². The van der Waals surface area contributed by atoms with Crippen molar-refractivity contribution in [2.24, 2.45) is 0 Å². The van der Waals surface area contributed by atoms with Crippen LogP contribution in [-0.2, 0) is 14.8 Å². The number of hydrogen-bond acceptors (Lipinski definition) is 4. The van der Waals surface area contributed by atoms with Crippen molar-refractivity contribution >= 4 is 21.6 Å². The van der Waals surface area contributed by atoms with E-state index >= 15 is 0 Å². The summed E-state index contributed by atoms with van der Waals surface area (Å²) in [4.78, 5) is 12.7. The summed E-state index contributed by atoms with van der Waals surface area (Å²) in [6, 6.07) is 10.6. The van der Waals surface area contributed by atoms with Gasteiger partial charge in [-0.05, 0) is 69.0 Å². The standard InChI is InChI=1S/C22H30N2O4S/c1-15-7-9-17(3)20(13-15)24(29(6,26)27)19(5)22(25)23-11-12-28-21-14-16(2)8-10-18(21)4/h7-10,13-14,19H,11-12H2,1-6H3,(H,23,25)/t19-/m0/s1. The van der Waals surface area contributed by atoms with E-state index < -0.39 is 16.1 Å². The van der Waals surface area contributed by atoms with Crippen molar-refractivity contribution in [2.75, 3.05) is 23.7 Å². The highest BCUT2D eigenvalue weighted by molar-refractivity contribution is 7.92. The maximum Gasteiger partial charge on any atom is 0.243 e. The second-order valence-electron chi connectivity index (χ2n) is 7.43. The number of nitrogens with one attached hydrogen (secondary N) is 1. The predicted octanol–water partition coefficient (Wildman–Crippen LogP) is 3.27. The van der Waals surface area contributed by atoms with Crippen LogP contribution in [0, 0.1) is 27.7 Å². The van der Waals surface area contributed by atoms with E-state index in [1.807, 2.05) is 58.0 Å². The summed E-state index contributed by atoms with van der Waals surface area (Å²) in [5.41, 5.74) is 4.35. The summed E-state index contributed by atoms with van der Waals surface area (Å²) in [6.45, 7) is 9.83. The van der Waals surface area contributed by atoms with Crippen LogP contribution >= 0.6 is 0 Å². The first-order valence-corrected chi connectivity index (χ1v) is 11.4. The highest BCUT2D eigenvalue weighted by Gasteiger charge is 2.30. The second-order valence-corrected chi connectivity index (χ2v) is 9.29. The number of carbonyl (C=O) groups excluding carboxylic acids is 1. The van der Waals surface area contributed by atoms with Crippen LogP contribution in [0.2, 0.25) is 0 Å². The Balaban J connectivity index is 2.06. The van der Waals surface area contributed by atoms with E-state index in [9.17, 15) is 13.2 Å². The molecule has 0 saturated carbocycles. The van der Waals surface area contributed by atoms with Gasteiger partial charge < -0.3 is 10.1 Å². The van der Waals surface area contributed by atoms with Gasteiger partial charge in [0.15, 0.2) is 0 Å². The SMILES string of the molecule is Cc1ccc(C)c(OCCNC(=O)[C@H](C)N(c2cc(C)ccc2C)S(C)(=O)=O)c1. The van der Waals surface area contributed by atoms with Crippen molar-refractivity contribution in [2.45, 2.75) is 40.7 Å². The van der Waals surface area contributed by atoms with Crippen molar-refractivity contribution in [1.82, 2.24) is 5.32 Å². The minimum absolute atomic E-state index is 0.279. The maximum atomic E-state index is 12.7. The van der Waals surface area contributed by atoms with E-state index in [1.54, 1.807) is 13.0 Å². The van der Waals surface area contributed by atoms with Crippen molar-refractivity contribution in [3.05, 3.63) is 58.7 Å². The number of nitrogens with zero attached hydrogens (tertiary/aromatic N) is 1. The Hall–Kier alpha value is -2.54. The number of ether oxygens (including phenoxy) is 1. The molecule has 2 aromatic carbocycles. The zero-order chi connectivity index (χ0) is 21.8. The summed E-state index contributed by atoms with van der Waals surface area (Å²) in [6.07, 6.45) is 1.11. The summed E-state index contributed by atoms with van der Waals surface area (Å²) < 4.78 is 31.8. The monoisotopic (exact) mass is 418 g/mol. The Bertz CT molecular complexity index is 986. The minimum Gasteiger partial charge on any atom is -0.491 e. The van der Waals surface area contributed by atoms with Gasteiger partial charge in [-0.1, -0.05) is 24.3 Å². The molecule has 0 aromatic heterocycles. The molecule has 0 fully saturated rings. The molecule has 7 heteroatoms. The molecular weight excluding hydrogens is 388 g/mol. The van der Waals surface area contributed by atoms with Gasteiger partial charge in [0.25, 0.3) is 0 Å².